The maximum Gasteiger partial charge on any atom is 0.104 e. The highest BCUT2D eigenvalue weighted by atomic mass is 15.0. The van der Waals surface area contributed by atoms with Gasteiger partial charge in [-0.25, -0.2) is 0 Å². The number of rotatable bonds is 5. The van der Waals surface area contributed by atoms with Crippen LogP contribution in [0.3, 0.4) is 0 Å². The molecule has 0 spiro atoms. The molecule has 1 aromatic heterocycles. The third kappa shape index (κ3) is 2.52. The summed E-state index contributed by atoms with van der Waals surface area (Å²) in [5.74, 6) is 1.13. The van der Waals surface area contributed by atoms with Gasteiger partial charge in [0.15, 0.2) is 0 Å². The van der Waals surface area contributed by atoms with Gasteiger partial charge in [-0.15, -0.1) is 0 Å². The number of aromatic nitrogens is 1. The van der Waals surface area contributed by atoms with Crippen LogP contribution in [0.1, 0.15) is 26.2 Å². The molecular formula is C13H18N2. The molecule has 0 aliphatic rings. The lowest BCUT2D eigenvalue weighted by molar-refractivity contribution is 0.743. The van der Waals surface area contributed by atoms with Crippen molar-refractivity contribution in [2.45, 2.75) is 26.2 Å². The number of anilines is 1. The molecule has 1 aromatic carbocycles. The Kier molecular flexibility index (Phi) is 3.28. The van der Waals surface area contributed by atoms with Crippen molar-refractivity contribution in [3.8, 4) is 0 Å². The van der Waals surface area contributed by atoms with E-state index in [1.54, 1.807) is 0 Å². The van der Waals surface area contributed by atoms with Crippen molar-refractivity contribution in [3.63, 3.8) is 0 Å². The van der Waals surface area contributed by atoms with Gasteiger partial charge in [0.2, 0.25) is 0 Å². The van der Waals surface area contributed by atoms with Crippen molar-refractivity contribution in [3.05, 3.63) is 30.3 Å². The Balaban J connectivity index is 1.97. The van der Waals surface area contributed by atoms with Crippen LogP contribution in [0.25, 0.3) is 10.9 Å². The van der Waals surface area contributed by atoms with Crippen LogP contribution >= 0.6 is 0 Å². The van der Waals surface area contributed by atoms with Crippen molar-refractivity contribution in [1.29, 1.82) is 0 Å². The largest absolute Gasteiger partial charge is 0.372 e. The Labute approximate surface area is 90.7 Å². The second-order valence-corrected chi connectivity index (χ2v) is 3.90. The van der Waals surface area contributed by atoms with Gasteiger partial charge in [-0.2, -0.15) is 0 Å². The van der Waals surface area contributed by atoms with E-state index in [1.807, 2.05) is 0 Å². The molecule has 0 radical (unpaired) electrons. The van der Waals surface area contributed by atoms with Gasteiger partial charge in [-0.05, 0) is 18.6 Å². The van der Waals surface area contributed by atoms with E-state index in [1.165, 1.54) is 30.2 Å². The predicted octanol–water partition coefficient (Wildman–Crippen LogP) is 3.77. The number of nitrogens with one attached hydrogen (secondary N) is 2. The van der Waals surface area contributed by atoms with E-state index in [0.29, 0.717) is 0 Å². The maximum absolute atomic E-state index is 3.41. The molecule has 2 rings (SSSR count). The van der Waals surface area contributed by atoms with E-state index in [4.69, 9.17) is 0 Å². The molecule has 2 nitrogen and oxygen atoms in total. The van der Waals surface area contributed by atoms with Crippen molar-refractivity contribution in [2.24, 2.45) is 0 Å². The minimum atomic E-state index is 1.06. The zero-order chi connectivity index (χ0) is 10.5. The molecule has 0 amide bonds. The van der Waals surface area contributed by atoms with Gasteiger partial charge in [0.05, 0.1) is 0 Å². The molecule has 0 saturated carbocycles. The fraction of sp³-hybridized carbons (Fsp3) is 0.385. The second-order valence-electron chi connectivity index (χ2n) is 3.90. The summed E-state index contributed by atoms with van der Waals surface area (Å²) in [6.07, 6.45) is 3.81. The smallest absolute Gasteiger partial charge is 0.104 e. The van der Waals surface area contributed by atoms with E-state index in [2.05, 4.69) is 47.6 Å². The lowest BCUT2D eigenvalue weighted by Gasteiger charge is -2.01. The molecule has 0 aliphatic carbocycles. The van der Waals surface area contributed by atoms with Gasteiger partial charge in [-0.1, -0.05) is 38.0 Å². The monoisotopic (exact) mass is 202 g/mol. The third-order valence-corrected chi connectivity index (χ3v) is 2.63. The molecule has 0 bridgehead atoms. The topological polar surface area (TPSA) is 27.8 Å². The maximum atomic E-state index is 3.41. The summed E-state index contributed by atoms with van der Waals surface area (Å²) < 4.78 is 0. The molecule has 0 atom stereocenters. The first-order chi connectivity index (χ1) is 7.40. The molecule has 1 heterocycles. The highest BCUT2D eigenvalue weighted by molar-refractivity contribution is 5.83. The van der Waals surface area contributed by atoms with Crippen LogP contribution in [-0.2, 0) is 0 Å². The first kappa shape index (κ1) is 10.1. The fourth-order valence-corrected chi connectivity index (χ4v) is 1.77. The lowest BCUT2D eigenvalue weighted by atomic mass is 10.2. The SMILES string of the molecule is CCCCCNc1cc2ccccc2[nH]1. The summed E-state index contributed by atoms with van der Waals surface area (Å²) >= 11 is 0. The highest BCUT2D eigenvalue weighted by Crippen LogP contribution is 2.17. The number of unbranched alkanes of at least 4 members (excludes halogenated alkanes) is 2. The van der Waals surface area contributed by atoms with Crippen LogP contribution in [-0.4, -0.2) is 11.5 Å². The van der Waals surface area contributed by atoms with Gasteiger partial charge in [0, 0.05) is 17.4 Å². The van der Waals surface area contributed by atoms with Gasteiger partial charge in [0.1, 0.15) is 5.82 Å². The van der Waals surface area contributed by atoms with Gasteiger partial charge < -0.3 is 10.3 Å². The Morgan fingerprint density at radius 1 is 1.20 bits per heavy atom. The van der Waals surface area contributed by atoms with Crippen LogP contribution in [0.4, 0.5) is 5.82 Å². The second kappa shape index (κ2) is 4.87. The average molecular weight is 202 g/mol. The number of benzene rings is 1. The molecule has 2 N–H and O–H groups in total. The Morgan fingerprint density at radius 3 is 2.87 bits per heavy atom. The predicted molar refractivity (Wildman–Crippen MR) is 66.3 cm³/mol. The molecule has 0 aliphatic heterocycles. The normalized spacial score (nSPS) is 10.7. The van der Waals surface area contributed by atoms with E-state index in [-0.39, 0.29) is 0 Å². The number of hydrogen-bond donors (Lipinski definition) is 2. The van der Waals surface area contributed by atoms with Crippen molar-refractivity contribution in [2.75, 3.05) is 11.9 Å². The Bertz CT molecular complexity index is 384. The number of para-hydroxylation sites is 1. The number of fused-ring (bicyclic) bond motifs is 1. The van der Waals surface area contributed by atoms with Gasteiger partial charge >= 0.3 is 0 Å². The lowest BCUT2D eigenvalue weighted by Crippen LogP contribution is -2.00. The molecule has 0 fully saturated rings. The van der Waals surface area contributed by atoms with Gasteiger partial charge in [-0.3, -0.25) is 0 Å². The summed E-state index contributed by atoms with van der Waals surface area (Å²) in [6, 6.07) is 10.5. The molecule has 2 heteroatoms. The summed E-state index contributed by atoms with van der Waals surface area (Å²) in [5, 5.41) is 4.69. The quantitative estimate of drug-likeness (QED) is 0.710. The van der Waals surface area contributed by atoms with E-state index in [0.717, 1.165) is 12.4 Å². The molecule has 2 aromatic rings. The first-order valence-electron chi connectivity index (χ1n) is 5.72. The minimum absolute atomic E-state index is 1.06. The molecular weight excluding hydrogens is 184 g/mol. The molecule has 15 heavy (non-hydrogen) atoms. The molecule has 0 saturated heterocycles. The number of H-pyrrole nitrogens is 1. The average Bonchev–Trinajstić information content (AvgIpc) is 2.67. The van der Waals surface area contributed by atoms with Crippen LogP contribution in [0.5, 0.6) is 0 Å². The Hall–Kier alpha value is -1.44. The van der Waals surface area contributed by atoms with Crippen molar-refractivity contribution < 1.29 is 0 Å². The number of aromatic amines is 1. The van der Waals surface area contributed by atoms with Crippen LogP contribution < -0.4 is 5.32 Å². The van der Waals surface area contributed by atoms with Crippen LogP contribution in [0.15, 0.2) is 30.3 Å². The zero-order valence-corrected chi connectivity index (χ0v) is 9.22. The fourth-order valence-electron chi connectivity index (χ4n) is 1.77. The summed E-state index contributed by atoms with van der Waals surface area (Å²) in [4.78, 5) is 3.36. The number of hydrogen-bond acceptors (Lipinski definition) is 1. The summed E-state index contributed by atoms with van der Waals surface area (Å²) in [6.45, 7) is 3.28. The Morgan fingerprint density at radius 2 is 2.07 bits per heavy atom. The van der Waals surface area contributed by atoms with Crippen LogP contribution in [0, 0.1) is 0 Å². The highest BCUT2D eigenvalue weighted by Gasteiger charge is 1.97. The van der Waals surface area contributed by atoms with E-state index < -0.39 is 0 Å². The van der Waals surface area contributed by atoms with E-state index >= 15 is 0 Å². The van der Waals surface area contributed by atoms with Crippen molar-refractivity contribution >= 4 is 16.7 Å². The minimum Gasteiger partial charge on any atom is -0.372 e. The third-order valence-electron chi connectivity index (χ3n) is 2.63. The van der Waals surface area contributed by atoms with Crippen LogP contribution in [0.2, 0.25) is 0 Å². The first-order valence-corrected chi connectivity index (χ1v) is 5.72. The summed E-state index contributed by atoms with van der Waals surface area (Å²) in [7, 11) is 0. The van der Waals surface area contributed by atoms with E-state index in [9.17, 15) is 0 Å². The van der Waals surface area contributed by atoms with Gasteiger partial charge in [0.25, 0.3) is 0 Å². The zero-order valence-electron chi connectivity index (χ0n) is 9.22. The molecule has 80 valence electrons. The molecule has 0 unspecified atom stereocenters. The van der Waals surface area contributed by atoms with Crippen molar-refractivity contribution in [1.82, 2.24) is 4.98 Å². The standard InChI is InChI=1S/C13H18N2/c1-2-3-6-9-14-13-10-11-7-4-5-8-12(11)15-13/h4-5,7-8,10,14-15H,2-3,6,9H2,1H3. The summed E-state index contributed by atoms with van der Waals surface area (Å²) in [5.41, 5.74) is 1.20.